The van der Waals surface area contributed by atoms with Crippen molar-refractivity contribution in [1.29, 1.82) is 0 Å². The lowest BCUT2D eigenvalue weighted by Gasteiger charge is -2.11. The van der Waals surface area contributed by atoms with Gasteiger partial charge in [0.25, 0.3) is 0 Å². The van der Waals surface area contributed by atoms with Crippen LogP contribution in [0.25, 0.3) is 10.9 Å². The Morgan fingerprint density at radius 3 is 2.71 bits per heavy atom. The molecular formula is C14H15NO2. The van der Waals surface area contributed by atoms with Gasteiger partial charge in [-0.25, -0.2) is 0 Å². The Labute approximate surface area is 100 Å². The minimum Gasteiger partial charge on any atom is -0.481 e. The molecule has 17 heavy (non-hydrogen) atoms. The van der Waals surface area contributed by atoms with Gasteiger partial charge in [-0.2, -0.15) is 0 Å². The van der Waals surface area contributed by atoms with Gasteiger partial charge >= 0.3 is 5.97 Å². The second-order valence-electron chi connectivity index (χ2n) is 4.21. The first-order chi connectivity index (χ1) is 8.09. The number of nitrogens with zero attached hydrogens (tertiary/aromatic N) is 1. The quantitative estimate of drug-likeness (QED) is 0.880. The van der Waals surface area contributed by atoms with Crippen molar-refractivity contribution in [2.75, 3.05) is 0 Å². The molecule has 0 aliphatic heterocycles. The summed E-state index contributed by atoms with van der Waals surface area (Å²) in [5.74, 6) is -0.767. The van der Waals surface area contributed by atoms with Crippen molar-refractivity contribution < 1.29 is 9.90 Å². The SMILES string of the molecule is Cc1nc2ccccc2c(C)c1CCC(=O)O. The number of aliphatic carboxylic acids is 1. The van der Waals surface area contributed by atoms with Crippen LogP contribution in [0.4, 0.5) is 0 Å². The van der Waals surface area contributed by atoms with Gasteiger partial charge in [0, 0.05) is 17.5 Å². The van der Waals surface area contributed by atoms with Crippen LogP contribution >= 0.6 is 0 Å². The molecule has 0 aliphatic rings. The van der Waals surface area contributed by atoms with Gasteiger partial charge in [0.1, 0.15) is 0 Å². The Kier molecular flexibility index (Phi) is 3.09. The minimum absolute atomic E-state index is 0.154. The predicted molar refractivity (Wildman–Crippen MR) is 67.2 cm³/mol. The molecule has 0 saturated carbocycles. The first kappa shape index (κ1) is 11.6. The van der Waals surface area contributed by atoms with Crippen molar-refractivity contribution in [1.82, 2.24) is 4.98 Å². The first-order valence-corrected chi connectivity index (χ1v) is 5.66. The van der Waals surface area contributed by atoms with Crippen LogP contribution in [0.3, 0.4) is 0 Å². The lowest BCUT2D eigenvalue weighted by molar-refractivity contribution is -0.136. The highest BCUT2D eigenvalue weighted by molar-refractivity contribution is 5.83. The molecule has 0 atom stereocenters. The van der Waals surface area contributed by atoms with Crippen LogP contribution < -0.4 is 0 Å². The highest BCUT2D eigenvalue weighted by Crippen LogP contribution is 2.23. The molecule has 2 aromatic rings. The van der Waals surface area contributed by atoms with Crippen molar-refractivity contribution in [2.45, 2.75) is 26.7 Å². The van der Waals surface area contributed by atoms with Crippen molar-refractivity contribution in [2.24, 2.45) is 0 Å². The van der Waals surface area contributed by atoms with Crippen LogP contribution in [-0.4, -0.2) is 16.1 Å². The fourth-order valence-electron chi connectivity index (χ4n) is 2.17. The average molecular weight is 229 g/mol. The minimum atomic E-state index is -0.767. The molecule has 2 rings (SSSR count). The van der Waals surface area contributed by atoms with Gasteiger partial charge in [-0.15, -0.1) is 0 Å². The fourth-order valence-corrected chi connectivity index (χ4v) is 2.17. The van der Waals surface area contributed by atoms with E-state index in [2.05, 4.69) is 4.98 Å². The van der Waals surface area contributed by atoms with Gasteiger partial charge in [0.2, 0.25) is 0 Å². The van der Waals surface area contributed by atoms with Crippen molar-refractivity contribution in [3.63, 3.8) is 0 Å². The van der Waals surface area contributed by atoms with Gasteiger partial charge in [-0.05, 0) is 37.5 Å². The van der Waals surface area contributed by atoms with Crippen LogP contribution in [0, 0.1) is 13.8 Å². The molecule has 0 spiro atoms. The maximum absolute atomic E-state index is 10.6. The number of carboxylic acid groups (broad SMARTS) is 1. The molecule has 1 N–H and O–H groups in total. The Hall–Kier alpha value is -1.90. The highest BCUT2D eigenvalue weighted by Gasteiger charge is 2.10. The lowest BCUT2D eigenvalue weighted by atomic mass is 9.98. The van der Waals surface area contributed by atoms with Gasteiger partial charge < -0.3 is 5.11 Å². The van der Waals surface area contributed by atoms with E-state index in [4.69, 9.17) is 5.11 Å². The van der Waals surface area contributed by atoms with Crippen molar-refractivity contribution in [3.8, 4) is 0 Å². The summed E-state index contributed by atoms with van der Waals surface area (Å²) in [5.41, 5.74) is 4.12. The van der Waals surface area contributed by atoms with E-state index in [1.165, 1.54) is 0 Å². The number of carbonyl (C=O) groups is 1. The van der Waals surface area contributed by atoms with E-state index >= 15 is 0 Å². The molecule has 3 heteroatoms. The summed E-state index contributed by atoms with van der Waals surface area (Å²) in [4.78, 5) is 15.2. The second-order valence-corrected chi connectivity index (χ2v) is 4.21. The molecule has 1 aromatic carbocycles. The molecule has 0 aliphatic carbocycles. The molecule has 88 valence electrons. The number of aryl methyl sites for hydroxylation is 2. The molecule has 0 amide bonds. The molecule has 3 nitrogen and oxygen atoms in total. The monoisotopic (exact) mass is 229 g/mol. The van der Waals surface area contributed by atoms with Crippen molar-refractivity contribution >= 4 is 16.9 Å². The van der Waals surface area contributed by atoms with E-state index in [1.54, 1.807) is 0 Å². The summed E-state index contributed by atoms with van der Waals surface area (Å²) < 4.78 is 0. The summed E-state index contributed by atoms with van der Waals surface area (Å²) in [7, 11) is 0. The standard InChI is InChI=1S/C14H15NO2/c1-9-11(7-8-14(16)17)10(2)15-13-6-4-3-5-12(9)13/h3-6H,7-8H2,1-2H3,(H,16,17). The van der Waals surface area contributed by atoms with E-state index in [1.807, 2.05) is 38.1 Å². The molecule has 0 radical (unpaired) electrons. The van der Waals surface area contributed by atoms with E-state index in [0.29, 0.717) is 6.42 Å². The summed E-state index contributed by atoms with van der Waals surface area (Å²) in [6.07, 6.45) is 0.701. The number of aromatic nitrogens is 1. The zero-order chi connectivity index (χ0) is 12.4. The normalized spacial score (nSPS) is 10.7. The van der Waals surface area contributed by atoms with Crippen LogP contribution in [0.15, 0.2) is 24.3 Å². The maximum atomic E-state index is 10.6. The van der Waals surface area contributed by atoms with E-state index in [-0.39, 0.29) is 6.42 Å². The van der Waals surface area contributed by atoms with Crippen LogP contribution in [0.1, 0.15) is 23.2 Å². The summed E-state index contributed by atoms with van der Waals surface area (Å²) in [6, 6.07) is 7.95. The molecule has 1 heterocycles. The lowest BCUT2D eigenvalue weighted by Crippen LogP contribution is -2.03. The van der Waals surface area contributed by atoms with Gasteiger partial charge in [0.15, 0.2) is 0 Å². The number of benzene rings is 1. The maximum Gasteiger partial charge on any atom is 0.303 e. The third-order valence-electron chi connectivity index (χ3n) is 3.07. The van der Waals surface area contributed by atoms with Crippen LogP contribution in [-0.2, 0) is 11.2 Å². The van der Waals surface area contributed by atoms with Crippen molar-refractivity contribution in [3.05, 3.63) is 41.1 Å². The zero-order valence-corrected chi connectivity index (χ0v) is 10.0. The predicted octanol–water partition coefficient (Wildman–Crippen LogP) is 2.87. The van der Waals surface area contributed by atoms with E-state index in [0.717, 1.165) is 27.7 Å². The average Bonchev–Trinajstić information content (AvgIpc) is 2.28. The number of pyridine rings is 1. The number of hydrogen-bond donors (Lipinski definition) is 1. The Morgan fingerprint density at radius 2 is 2.00 bits per heavy atom. The van der Waals surface area contributed by atoms with E-state index in [9.17, 15) is 4.79 Å². The first-order valence-electron chi connectivity index (χ1n) is 5.66. The number of fused-ring (bicyclic) bond motifs is 1. The third kappa shape index (κ3) is 2.28. The second kappa shape index (κ2) is 4.53. The summed E-state index contributed by atoms with van der Waals surface area (Å²) in [5, 5.41) is 9.86. The van der Waals surface area contributed by atoms with Crippen LogP contribution in [0.5, 0.6) is 0 Å². The third-order valence-corrected chi connectivity index (χ3v) is 3.07. The summed E-state index contributed by atoms with van der Waals surface area (Å²) in [6.45, 7) is 3.98. The van der Waals surface area contributed by atoms with Gasteiger partial charge in [0.05, 0.1) is 5.52 Å². The Balaban J connectivity index is 2.51. The Morgan fingerprint density at radius 1 is 1.29 bits per heavy atom. The Bertz CT molecular complexity index is 576. The number of hydrogen-bond acceptors (Lipinski definition) is 2. The molecule has 0 unspecified atom stereocenters. The summed E-state index contributed by atoms with van der Waals surface area (Å²) >= 11 is 0. The largest absolute Gasteiger partial charge is 0.481 e. The highest BCUT2D eigenvalue weighted by atomic mass is 16.4. The van der Waals surface area contributed by atoms with Gasteiger partial charge in [-0.1, -0.05) is 18.2 Å². The molecule has 0 fully saturated rings. The van der Waals surface area contributed by atoms with Gasteiger partial charge in [-0.3, -0.25) is 9.78 Å². The molecule has 1 aromatic heterocycles. The molecular weight excluding hydrogens is 214 g/mol. The number of para-hydroxylation sites is 1. The number of carboxylic acids is 1. The zero-order valence-electron chi connectivity index (χ0n) is 10.0. The number of rotatable bonds is 3. The van der Waals surface area contributed by atoms with Crippen LogP contribution in [0.2, 0.25) is 0 Å². The van der Waals surface area contributed by atoms with E-state index < -0.39 is 5.97 Å². The smallest absolute Gasteiger partial charge is 0.303 e. The fraction of sp³-hybridized carbons (Fsp3) is 0.286. The molecule has 0 bridgehead atoms. The topological polar surface area (TPSA) is 50.2 Å². The molecule has 0 saturated heterocycles.